The Kier molecular flexibility index (Phi) is 3.64. The van der Waals surface area contributed by atoms with Crippen molar-refractivity contribution in [3.05, 3.63) is 69.6 Å². The summed E-state index contributed by atoms with van der Waals surface area (Å²) in [6.07, 6.45) is 0.491. The quantitative estimate of drug-likeness (QED) is 0.603. The number of carbonyl (C=O) groups is 1. The Balaban J connectivity index is 1.93. The zero-order valence-corrected chi connectivity index (χ0v) is 13.4. The number of aryl methyl sites for hydroxylation is 3. The molecule has 0 aliphatic heterocycles. The monoisotopic (exact) mass is 294 g/mol. The maximum absolute atomic E-state index is 12.6. The number of Topliss-reactive ketones (excluding diaryl/α,β-unsaturated/α-hetero) is 1. The summed E-state index contributed by atoms with van der Waals surface area (Å²) in [7, 11) is 0. The number of hydrogen-bond acceptors (Lipinski definition) is 2. The molecule has 0 N–H and O–H groups in total. The summed E-state index contributed by atoms with van der Waals surface area (Å²) < 4.78 is 1.18. The van der Waals surface area contributed by atoms with Crippen LogP contribution in [0.1, 0.15) is 31.9 Å². The predicted molar refractivity (Wildman–Crippen MR) is 90.5 cm³/mol. The van der Waals surface area contributed by atoms with E-state index in [2.05, 4.69) is 45.0 Å². The van der Waals surface area contributed by atoms with E-state index in [4.69, 9.17) is 0 Å². The average molecular weight is 294 g/mol. The largest absolute Gasteiger partial charge is 0.293 e. The van der Waals surface area contributed by atoms with E-state index in [1.54, 1.807) is 11.3 Å². The van der Waals surface area contributed by atoms with Crippen LogP contribution in [0.5, 0.6) is 0 Å². The molecule has 1 aromatic heterocycles. The van der Waals surface area contributed by atoms with Gasteiger partial charge >= 0.3 is 0 Å². The van der Waals surface area contributed by atoms with Crippen molar-refractivity contribution in [2.45, 2.75) is 27.2 Å². The first kappa shape index (κ1) is 14.0. The zero-order chi connectivity index (χ0) is 15.0. The SMILES string of the molecule is Cc1cc(C)c(CC(=O)c2cc3ccccc3s2)c(C)c1. The molecule has 0 saturated carbocycles. The van der Waals surface area contributed by atoms with Crippen molar-refractivity contribution in [3.8, 4) is 0 Å². The molecule has 0 aliphatic rings. The molecule has 0 saturated heterocycles. The molecule has 106 valence electrons. The van der Waals surface area contributed by atoms with Crippen molar-refractivity contribution >= 4 is 27.2 Å². The Morgan fingerprint density at radius 3 is 2.33 bits per heavy atom. The molecular weight excluding hydrogens is 276 g/mol. The maximum atomic E-state index is 12.6. The molecule has 1 heterocycles. The van der Waals surface area contributed by atoms with E-state index >= 15 is 0 Å². The summed E-state index contributed by atoms with van der Waals surface area (Å²) >= 11 is 1.59. The maximum Gasteiger partial charge on any atom is 0.177 e. The lowest BCUT2D eigenvalue weighted by Crippen LogP contribution is -2.05. The standard InChI is InChI=1S/C19H18OS/c1-12-8-13(2)16(14(3)9-12)11-17(20)19-10-15-6-4-5-7-18(15)21-19/h4-10H,11H2,1-3H3. The first-order valence-electron chi connectivity index (χ1n) is 7.13. The molecule has 3 aromatic rings. The highest BCUT2D eigenvalue weighted by Gasteiger charge is 2.14. The highest BCUT2D eigenvalue weighted by molar-refractivity contribution is 7.20. The van der Waals surface area contributed by atoms with Crippen LogP contribution >= 0.6 is 11.3 Å². The van der Waals surface area contributed by atoms with E-state index in [-0.39, 0.29) is 5.78 Å². The van der Waals surface area contributed by atoms with Gasteiger partial charge in [0, 0.05) is 11.1 Å². The van der Waals surface area contributed by atoms with Crippen LogP contribution in [-0.4, -0.2) is 5.78 Å². The van der Waals surface area contributed by atoms with Crippen LogP contribution in [0, 0.1) is 20.8 Å². The van der Waals surface area contributed by atoms with Gasteiger partial charge in [-0.05, 0) is 55.0 Å². The second-order valence-corrected chi connectivity index (χ2v) is 6.71. The van der Waals surface area contributed by atoms with Crippen LogP contribution in [0.3, 0.4) is 0 Å². The van der Waals surface area contributed by atoms with Crippen LogP contribution in [0.4, 0.5) is 0 Å². The molecule has 0 aliphatic carbocycles. The van der Waals surface area contributed by atoms with Gasteiger partial charge in [0.15, 0.2) is 5.78 Å². The number of carbonyl (C=O) groups excluding carboxylic acids is 1. The Hall–Kier alpha value is -1.93. The van der Waals surface area contributed by atoms with Gasteiger partial charge in [-0.2, -0.15) is 0 Å². The number of rotatable bonds is 3. The summed E-state index contributed by atoms with van der Waals surface area (Å²) in [5.74, 6) is 0.214. The zero-order valence-electron chi connectivity index (χ0n) is 12.6. The fraction of sp³-hybridized carbons (Fsp3) is 0.211. The summed E-state index contributed by atoms with van der Waals surface area (Å²) in [4.78, 5) is 13.4. The topological polar surface area (TPSA) is 17.1 Å². The fourth-order valence-electron chi connectivity index (χ4n) is 2.86. The van der Waals surface area contributed by atoms with E-state index in [1.807, 2.05) is 18.2 Å². The van der Waals surface area contributed by atoms with Crippen LogP contribution in [0.15, 0.2) is 42.5 Å². The number of benzene rings is 2. The van der Waals surface area contributed by atoms with Crippen LogP contribution in [0.2, 0.25) is 0 Å². The average Bonchev–Trinajstić information content (AvgIpc) is 2.86. The molecule has 0 atom stereocenters. The van der Waals surface area contributed by atoms with Gasteiger partial charge < -0.3 is 0 Å². The minimum Gasteiger partial charge on any atom is -0.293 e. The molecule has 21 heavy (non-hydrogen) atoms. The van der Waals surface area contributed by atoms with Crippen molar-refractivity contribution < 1.29 is 4.79 Å². The molecule has 3 rings (SSSR count). The normalized spacial score (nSPS) is 11.0. The van der Waals surface area contributed by atoms with E-state index in [9.17, 15) is 4.79 Å². The van der Waals surface area contributed by atoms with E-state index in [1.165, 1.54) is 27.0 Å². The lowest BCUT2D eigenvalue weighted by atomic mass is 9.95. The number of fused-ring (bicyclic) bond motifs is 1. The predicted octanol–water partition coefficient (Wildman–Crippen LogP) is 5.25. The van der Waals surface area contributed by atoms with Gasteiger partial charge in [-0.25, -0.2) is 0 Å². The lowest BCUT2D eigenvalue weighted by molar-refractivity contribution is 0.0996. The summed E-state index contributed by atoms with van der Waals surface area (Å²) in [5, 5.41) is 1.16. The van der Waals surface area contributed by atoms with Gasteiger partial charge in [0.1, 0.15) is 0 Å². The molecule has 0 spiro atoms. The van der Waals surface area contributed by atoms with Gasteiger partial charge in [0.05, 0.1) is 4.88 Å². The van der Waals surface area contributed by atoms with Gasteiger partial charge in [0.25, 0.3) is 0 Å². The number of ketones is 1. The van der Waals surface area contributed by atoms with E-state index in [0.29, 0.717) is 6.42 Å². The third-order valence-corrected chi connectivity index (χ3v) is 5.04. The van der Waals surface area contributed by atoms with Gasteiger partial charge in [0.2, 0.25) is 0 Å². The molecular formula is C19H18OS. The fourth-order valence-corrected chi connectivity index (χ4v) is 3.86. The molecule has 2 aromatic carbocycles. The Labute approximate surface area is 129 Å². The molecule has 1 nitrogen and oxygen atoms in total. The first-order valence-corrected chi connectivity index (χ1v) is 7.95. The van der Waals surface area contributed by atoms with Gasteiger partial charge in [-0.1, -0.05) is 35.9 Å². The highest BCUT2D eigenvalue weighted by Crippen LogP contribution is 2.27. The third-order valence-electron chi connectivity index (χ3n) is 3.88. The van der Waals surface area contributed by atoms with Crippen LogP contribution in [0.25, 0.3) is 10.1 Å². The Bertz CT molecular complexity index is 770. The molecule has 0 unspecified atom stereocenters. The Morgan fingerprint density at radius 2 is 1.67 bits per heavy atom. The second kappa shape index (κ2) is 5.45. The molecule has 0 fully saturated rings. The smallest absolute Gasteiger partial charge is 0.177 e. The second-order valence-electron chi connectivity index (χ2n) is 5.63. The molecule has 0 amide bonds. The van der Waals surface area contributed by atoms with Crippen molar-refractivity contribution in [1.82, 2.24) is 0 Å². The van der Waals surface area contributed by atoms with Crippen molar-refractivity contribution in [3.63, 3.8) is 0 Å². The highest BCUT2D eigenvalue weighted by atomic mass is 32.1. The van der Waals surface area contributed by atoms with Gasteiger partial charge in [-0.3, -0.25) is 4.79 Å². The van der Waals surface area contributed by atoms with E-state index < -0.39 is 0 Å². The lowest BCUT2D eigenvalue weighted by Gasteiger charge is -2.10. The molecule has 2 heteroatoms. The minimum atomic E-state index is 0.214. The summed E-state index contributed by atoms with van der Waals surface area (Å²) in [6, 6.07) is 14.5. The first-order chi connectivity index (χ1) is 10.0. The summed E-state index contributed by atoms with van der Waals surface area (Å²) in [6.45, 7) is 6.28. The summed E-state index contributed by atoms with van der Waals surface area (Å²) in [5.41, 5.74) is 4.84. The van der Waals surface area contributed by atoms with Crippen molar-refractivity contribution in [2.24, 2.45) is 0 Å². The molecule has 0 bridgehead atoms. The van der Waals surface area contributed by atoms with Crippen LogP contribution in [-0.2, 0) is 6.42 Å². The Morgan fingerprint density at radius 1 is 1.00 bits per heavy atom. The minimum absolute atomic E-state index is 0.214. The number of hydrogen-bond donors (Lipinski definition) is 0. The third kappa shape index (κ3) is 2.77. The van der Waals surface area contributed by atoms with Crippen molar-refractivity contribution in [1.29, 1.82) is 0 Å². The van der Waals surface area contributed by atoms with Crippen molar-refractivity contribution in [2.75, 3.05) is 0 Å². The van der Waals surface area contributed by atoms with E-state index in [0.717, 1.165) is 10.3 Å². The molecule has 0 radical (unpaired) electrons. The van der Waals surface area contributed by atoms with Gasteiger partial charge in [-0.15, -0.1) is 11.3 Å². The number of thiophene rings is 1. The van der Waals surface area contributed by atoms with Crippen LogP contribution < -0.4 is 0 Å².